The summed E-state index contributed by atoms with van der Waals surface area (Å²) >= 11 is 3.38. The van der Waals surface area contributed by atoms with Gasteiger partial charge in [0, 0.05) is 19.0 Å². The van der Waals surface area contributed by atoms with Crippen molar-refractivity contribution < 1.29 is 14.3 Å². The lowest BCUT2D eigenvalue weighted by atomic mass is 10.0. The third-order valence-corrected chi connectivity index (χ3v) is 4.10. The van der Waals surface area contributed by atoms with Crippen LogP contribution in [-0.4, -0.2) is 40.3 Å². The van der Waals surface area contributed by atoms with E-state index in [0.29, 0.717) is 19.0 Å². The van der Waals surface area contributed by atoms with Crippen LogP contribution in [0, 0.1) is 11.8 Å². The number of ether oxygens (including phenoxy) is 1. The number of Topliss-reactive ketones (excluding diaryl/α,β-unsaturated/α-hetero) is 1. The van der Waals surface area contributed by atoms with Gasteiger partial charge in [0.1, 0.15) is 5.60 Å². The topological polar surface area (TPSA) is 46.6 Å². The van der Waals surface area contributed by atoms with Crippen LogP contribution in [0.4, 0.5) is 4.79 Å². The Kier molecular flexibility index (Phi) is 3.23. The standard InChI is InChI=1S/C12H18BrNO3/c1-12(2,3)17-11(16)14-5-7-4-9(13)10(15)8(7)6-14/h7-9H,4-6H2,1-3H3/t7-,8+,9?/m1/s1. The van der Waals surface area contributed by atoms with Crippen LogP contribution in [0.1, 0.15) is 27.2 Å². The van der Waals surface area contributed by atoms with Crippen LogP contribution in [0.2, 0.25) is 0 Å². The highest BCUT2D eigenvalue weighted by atomic mass is 79.9. The van der Waals surface area contributed by atoms with E-state index in [1.165, 1.54) is 0 Å². The molecule has 1 heterocycles. The van der Waals surface area contributed by atoms with Crippen molar-refractivity contribution >= 4 is 27.8 Å². The van der Waals surface area contributed by atoms with Crippen LogP contribution in [0.5, 0.6) is 0 Å². The van der Waals surface area contributed by atoms with Crippen molar-refractivity contribution in [3.63, 3.8) is 0 Å². The first-order valence-corrected chi connectivity index (χ1v) is 6.85. The first-order chi connectivity index (χ1) is 7.78. The lowest BCUT2D eigenvalue weighted by molar-refractivity contribution is -0.120. The Hall–Kier alpha value is -0.580. The van der Waals surface area contributed by atoms with Crippen LogP contribution in [0.3, 0.4) is 0 Å². The molecule has 0 bridgehead atoms. The highest BCUT2D eigenvalue weighted by molar-refractivity contribution is 9.10. The molecule has 1 saturated carbocycles. The van der Waals surface area contributed by atoms with Crippen molar-refractivity contribution in [2.75, 3.05) is 13.1 Å². The number of fused-ring (bicyclic) bond motifs is 1. The Morgan fingerprint density at radius 1 is 1.41 bits per heavy atom. The first kappa shape index (κ1) is 12.9. The van der Waals surface area contributed by atoms with Gasteiger partial charge in [0.05, 0.1) is 4.83 Å². The Morgan fingerprint density at radius 2 is 2.06 bits per heavy atom. The molecule has 1 amide bonds. The number of hydrogen-bond donors (Lipinski definition) is 0. The average Bonchev–Trinajstić information content (AvgIpc) is 2.66. The zero-order valence-corrected chi connectivity index (χ0v) is 12.0. The summed E-state index contributed by atoms with van der Waals surface area (Å²) in [5, 5.41) is 0. The van der Waals surface area contributed by atoms with E-state index < -0.39 is 5.60 Å². The summed E-state index contributed by atoms with van der Waals surface area (Å²) in [5.41, 5.74) is -0.475. The summed E-state index contributed by atoms with van der Waals surface area (Å²) in [6.07, 6.45) is 0.536. The highest BCUT2D eigenvalue weighted by Gasteiger charge is 2.48. The number of likely N-dealkylation sites (tertiary alicyclic amines) is 1. The molecule has 4 nitrogen and oxygen atoms in total. The van der Waals surface area contributed by atoms with Crippen molar-refractivity contribution in [2.24, 2.45) is 11.8 Å². The molecule has 17 heavy (non-hydrogen) atoms. The fourth-order valence-corrected chi connectivity index (χ4v) is 3.34. The van der Waals surface area contributed by atoms with Crippen molar-refractivity contribution in [2.45, 2.75) is 37.6 Å². The number of alkyl halides is 1. The van der Waals surface area contributed by atoms with E-state index in [9.17, 15) is 9.59 Å². The van der Waals surface area contributed by atoms with E-state index in [0.717, 1.165) is 6.42 Å². The van der Waals surface area contributed by atoms with Gasteiger partial charge < -0.3 is 9.64 Å². The Bertz CT molecular complexity index is 350. The number of carbonyl (C=O) groups is 2. The fourth-order valence-electron chi connectivity index (χ4n) is 2.52. The van der Waals surface area contributed by atoms with Gasteiger partial charge in [0.15, 0.2) is 5.78 Å². The van der Waals surface area contributed by atoms with E-state index in [1.807, 2.05) is 20.8 Å². The predicted octanol–water partition coefficient (Wildman–Crippen LogP) is 2.21. The number of amides is 1. The quantitative estimate of drug-likeness (QED) is 0.645. The maximum atomic E-state index is 11.9. The minimum Gasteiger partial charge on any atom is -0.444 e. The number of carbonyl (C=O) groups excluding carboxylic acids is 2. The number of nitrogens with zero attached hydrogens (tertiary/aromatic N) is 1. The number of rotatable bonds is 0. The van der Waals surface area contributed by atoms with E-state index >= 15 is 0 Å². The second-order valence-corrected chi connectivity index (χ2v) is 6.96. The molecule has 0 aromatic heterocycles. The first-order valence-electron chi connectivity index (χ1n) is 5.93. The average molecular weight is 304 g/mol. The van der Waals surface area contributed by atoms with Crippen LogP contribution in [-0.2, 0) is 9.53 Å². The molecular weight excluding hydrogens is 286 g/mol. The molecule has 0 spiro atoms. The summed E-state index contributed by atoms with van der Waals surface area (Å²) in [6.45, 7) is 6.71. The molecule has 1 unspecified atom stereocenters. The van der Waals surface area contributed by atoms with Crippen molar-refractivity contribution in [3.8, 4) is 0 Å². The molecule has 2 aliphatic rings. The van der Waals surface area contributed by atoms with Crippen molar-refractivity contribution in [1.29, 1.82) is 0 Å². The molecule has 1 aliphatic heterocycles. The van der Waals surface area contributed by atoms with E-state index in [4.69, 9.17) is 4.74 Å². The van der Waals surface area contributed by atoms with Crippen molar-refractivity contribution in [3.05, 3.63) is 0 Å². The normalized spacial score (nSPS) is 32.8. The molecule has 2 fully saturated rings. The smallest absolute Gasteiger partial charge is 0.410 e. The molecule has 0 aromatic carbocycles. The number of ketones is 1. The number of halogens is 1. The van der Waals surface area contributed by atoms with E-state index in [2.05, 4.69) is 15.9 Å². The molecule has 96 valence electrons. The molecule has 0 N–H and O–H groups in total. The van der Waals surface area contributed by atoms with E-state index in [1.54, 1.807) is 4.90 Å². The summed E-state index contributed by atoms with van der Waals surface area (Å²) in [6, 6.07) is 0. The molecule has 2 rings (SSSR count). The maximum absolute atomic E-state index is 11.9. The second-order valence-electron chi connectivity index (χ2n) is 5.86. The largest absolute Gasteiger partial charge is 0.444 e. The van der Waals surface area contributed by atoms with Gasteiger partial charge in [-0.25, -0.2) is 4.79 Å². The highest BCUT2D eigenvalue weighted by Crippen LogP contribution is 2.38. The fraction of sp³-hybridized carbons (Fsp3) is 0.833. The van der Waals surface area contributed by atoms with Gasteiger partial charge in [-0.15, -0.1) is 0 Å². The summed E-state index contributed by atoms with van der Waals surface area (Å²) in [7, 11) is 0. The predicted molar refractivity (Wildman–Crippen MR) is 67.1 cm³/mol. The van der Waals surface area contributed by atoms with Crippen molar-refractivity contribution in [1.82, 2.24) is 4.90 Å². The molecular formula is C12H18BrNO3. The zero-order valence-electron chi connectivity index (χ0n) is 10.4. The zero-order chi connectivity index (χ0) is 12.8. The molecule has 1 saturated heterocycles. The molecule has 0 aromatic rings. The number of hydrogen-bond acceptors (Lipinski definition) is 3. The van der Waals surface area contributed by atoms with Gasteiger partial charge in [-0.3, -0.25) is 4.79 Å². The monoisotopic (exact) mass is 303 g/mol. The van der Waals surface area contributed by atoms with Crippen LogP contribution < -0.4 is 0 Å². The summed E-state index contributed by atoms with van der Waals surface area (Å²) in [5.74, 6) is 0.548. The Morgan fingerprint density at radius 3 is 2.59 bits per heavy atom. The lowest BCUT2D eigenvalue weighted by Crippen LogP contribution is -2.36. The second kappa shape index (κ2) is 4.26. The van der Waals surface area contributed by atoms with E-state index in [-0.39, 0.29) is 22.6 Å². The molecule has 3 atom stereocenters. The molecule has 1 aliphatic carbocycles. The molecule has 5 heteroatoms. The minimum atomic E-state index is -0.475. The van der Waals surface area contributed by atoms with Crippen LogP contribution in [0.15, 0.2) is 0 Å². The van der Waals surface area contributed by atoms with Crippen LogP contribution >= 0.6 is 15.9 Å². The van der Waals surface area contributed by atoms with Gasteiger partial charge in [-0.2, -0.15) is 0 Å². The van der Waals surface area contributed by atoms with Gasteiger partial charge in [0.2, 0.25) is 0 Å². The lowest BCUT2D eigenvalue weighted by Gasteiger charge is -2.24. The van der Waals surface area contributed by atoms with Gasteiger partial charge >= 0.3 is 6.09 Å². The summed E-state index contributed by atoms with van der Waals surface area (Å²) in [4.78, 5) is 25.3. The Balaban J connectivity index is 1.96. The third kappa shape index (κ3) is 2.64. The maximum Gasteiger partial charge on any atom is 0.410 e. The SMILES string of the molecule is CC(C)(C)OC(=O)N1C[C@H]2CC(Br)C(=O)[C@H]2C1. The molecule has 0 radical (unpaired) electrons. The Labute approximate surface area is 110 Å². The van der Waals surface area contributed by atoms with Gasteiger partial charge in [-0.05, 0) is 33.1 Å². The third-order valence-electron chi connectivity index (χ3n) is 3.28. The van der Waals surface area contributed by atoms with Gasteiger partial charge in [0.25, 0.3) is 0 Å². The van der Waals surface area contributed by atoms with Gasteiger partial charge in [-0.1, -0.05) is 15.9 Å². The summed E-state index contributed by atoms with van der Waals surface area (Å²) < 4.78 is 5.31. The van der Waals surface area contributed by atoms with Crippen LogP contribution in [0.25, 0.3) is 0 Å². The minimum absolute atomic E-state index is 0.00638.